The molecule has 3 heteroatoms. The molecule has 1 aliphatic heterocycles. The maximum atomic E-state index is 13.1. The molecule has 31 heavy (non-hydrogen) atoms. The molecular formula is C28H25NO2. The van der Waals surface area contributed by atoms with Gasteiger partial charge in [-0.1, -0.05) is 57.2 Å². The van der Waals surface area contributed by atoms with E-state index < -0.39 is 0 Å². The number of rotatable bonds is 1. The molecule has 3 aliphatic carbocycles. The fraction of sp³-hybridized carbons (Fsp3) is 0.286. The second kappa shape index (κ2) is 5.94. The number of allylic oxidation sites excluding steroid dienone is 8. The lowest BCUT2D eigenvalue weighted by molar-refractivity contribution is 0.0619. The van der Waals surface area contributed by atoms with Gasteiger partial charge in [-0.05, 0) is 69.7 Å². The van der Waals surface area contributed by atoms with Crippen LogP contribution in [-0.2, 0) is 0 Å². The van der Waals surface area contributed by atoms with Crippen molar-refractivity contribution in [3.63, 3.8) is 0 Å². The van der Waals surface area contributed by atoms with E-state index in [1.807, 2.05) is 19.1 Å². The third kappa shape index (κ3) is 2.24. The molecule has 0 bridgehead atoms. The van der Waals surface area contributed by atoms with Crippen LogP contribution < -0.4 is 0 Å². The third-order valence-corrected chi connectivity index (χ3v) is 7.21. The number of hydrogen-bond donors (Lipinski definition) is 0. The van der Waals surface area contributed by atoms with Crippen LogP contribution in [0.3, 0.4) is 0 Å². The summed E-state index contributed by atoms with van der Waals surface area (Å²) in [6.07, 6.45) is 10.1. The predicted molar refractivity (Wildman–Crippen MR) is 124 cm³/mol. The summed E-state index contributed by atoms with van der Waals surface area (Å²) >= 11 is 0. The van der Waals surface area contributed by atoms with E-state index in [-0.39, 0.29) is 23.1 Å². The van der Waals surface area contributed by atoms with Crippen molar-refractivity contribution in [2.24, 2.45) is 5.41 Å². The average Bonchev–Trinajstić information content (AvgIpc) is 2.75. The molecule has 1 heterocycles. The largest absolute Gasteiger partial charge is 0.275 e. The molecule has 2 aromatic rings. The Kier molecular flexibility index (Phi) is 3.56. The maximum Gasteiger partial charge on any atom is 0.261 e. The van der Waals surface area contributed by atoms with Crippen LogP contribution in [0, 0.1) is 5.41 Å². The van der Waals surface area contributed by atoms with Crippen LogP contribution in [0.5, 0.6) is 0 Å². The van der Waals surface area contributed by atoms with Gasteiger partial charge >= 0.3 is 0 Å². The van der Waals surface area contributed by atoms with Crippen molar-refractivity contribution in [2.45, 2.75) is 40.0 Å². The molecule has 4 aliphatic rings. The van der Waals surface area contributed by atoms with E-state index in [9.17, 15) is 9.59 Å². The number of amides is 2. The molecular weight excluding hydrogens is 382 g/mol. The number of carbonyl (C=O) groups excluding carboxylic acids is 2. The van der Waals surface area contributed by atoms with Crippen LogP contribution in [0.2, 0.25) is 0 Å². The highest BCUT2D eigenvalue weighted by atomic mass is 16.2. The fourth-order valence-corrected chi connectivity index (χ4v) is 5.89. The highest BCUT2D eigenvalue weighted by Gasteiger charge is 2.39. The first kappa shape index (κ1) is 18.6. The van der Waals surface area contributed by atoms with Crippen LogP contribution in [-0.4, -0.2) is 23.3 Å². The summed E-state index contributed by atoms with van der Waals surface area (Å²) in [5, 5.41) is 1.91. The van der Waals surface area contributed by atoms with E-state index >= 15 is 0 Å². The molecule has 0 spiro atoms. The number of benzene rings is 2. The highest BCUT2D eigenvalue weighted by molar-refractivity contribution is 6.27. The lowest BCUT2D eigenvalue weighted by atomic mass is 9.65. The van der Waals surface area contributed by atoms with Crippen molar-refractivity contribution >= 4 is 28.2 Å². The SMILES string of the molecule is CCN1C(=O)c2ccc3c4c(ccc(c24)C1=O)C1C=CC(C(C)(C)C)=C2CC=CC3=C21. The Hall–Kier alpha value is -3.20. The summed E-state index contributed by atoms with van der Waals surface area (Å²) in [7, 11) is 0. The van der Waals surface area contributed by atoms with Crippen molar-refractivity contribution in [3.05, 3.63) is 87.5 Å². The van der Waals surface area contributed by atoms with Crippen LogP contribution >= 0.6 is 0 Å². The van der Waals surface area contributed by atoms with E-state index in [0.717, 1.165) is 22.8 Å². The second-order valence-corrected chi connectivity index (χ2v) is 9.88. The van der Waals surface area contributed by atoms with E-state index in [1.54, 1.807) is 0 Å². The Morgan fingerprint density at radius 2 is 1.61 bits per heavy atom. The average molecular weight is 408 g/mol. The summed E-state index contributed by atoms with van der Waals surface area (Å²) < 4.78 is 0. The fourth-order valence-electron chi connectivity index (χ4n) is 5.89. The molecule has 0 radical (unpaired) electrons. The Morgan fingerprint density at radius 3 is 2.29 bits per heavy atom. The Bertz CT molecular complexity index is 1340. The molecule has 2 amide bonds. The zero-order chi connectivity index (χ0) is 21.7. The minimum Gasteiger partial charge on any atom is -0.275 e. The molecule has 0 aromatic heterocycles. The minimum atomic E-state index is -0.183. The van der Waals surface area contributed by atoms with E-state index in [1.165, 1.54) is 32.8 Å². The molecule has 0 saturated heterocycles. The molecule has 0 fully saturated rings. The monoisotopic (exact) mass is 407 g/mol. The van der Waals surface area contributed by atoms with E-state index in [2.05, 4.69) is 57.2 Å². The molecule has 154 valence electrons. The maximum absolute atomic E-state index is 13.1. The first-order chi connectivity index (χ1) is 14.8. The first-order valence-electron chi connectivity index (χ1n) is 11.1. The van der Waals surface area contributed by atoms with Gasteiger partial charge in [-0.2, -0.15) is 0 Å². The van der Waals surface area contributed by atoms with Crippen LogP contribution in [0.4, 0.5) is 0 Å². The van der Waals surface area contributed by atoms with Crippen LogP contribution in [0.1, 0.15) is 71.9 Å². The molecule has 6 rings (SSSR count). The number of carbonyl (C=O) groups is 2. The first-order valence-corrected chi connectivity index (χ1v) is 11.1. The van der Waals surface area contributed by atoms with Gasteiger partial charge in [-0.25, -0.2) is 0 Å². The Balaban J connectivity index is 1.72. The smallest absolute Gasteiger partial charge is 0.261 e. The van der Waals surface area contributed by atoms with Crippen LogP contribution in [0.25, 0.3) is 16.3 Å². The minimum absolute atomic E-state index is 0.0761. The lowest BCUT2D eigenvalue weighted by Gasteiger charge is -2.39. The van der Waals surface area contributed by atoms with Gasteiger partial charge in [0.25, 0.3) is 11.8 Å². The Morgan fingerprint density at radius 1 is 0.935 bits per heavy atom. The zero-order valence-electron chi connectivity index (χ0n) is 18.4. The Labute approximate surface area is 182 Å². The predicted octanol–water partition coefficient (Wildman–Crippen LogP) is 6.18. The van der Waals surface area contributed by atoms with E-state index in [4.69, 9.17) is 0 Å². The van der Waals surface area contributed by atoms with Crippen LogP contribution in [0.15, 0.2) is 65.3 Å². The summed E-state index contributed by atoms with van der Waals surface area (Å²) in [4.78, 5) is 27.5. The molecule has 0 N–H and O–H groups in total. The van der Waals surface area contributed by atoms with Gasteiger partial charge < -0.3 is 0 Å². The van der Waals surface area contributed by atoms with Gasteiger partial charge in [0.2, 0.25) is 0 Å². The third-order valence-electron chi connectivity index (χ3n) is 7.21. The van der Waals surface area contributed by atoms with Gasteiger partial charge in [0.15, 0.2) is 0 Å². The summed E-state index contributed by atoms with van der Waals surface area (Å²) in [6.45, 7) is 9.06. The molecule has 3 nitrogen and oxygen atoms in total. The van der Waals surface area contributed by atoms with Crippen molar-refractivity contribution in [1.82, 2.24) is 4.90 Å². The molecule has 1 unspecified atom stereocenters. The standard InChI is InChI=1S/C28H25NO2/c1-5-29-26(30)20-11-9-17-15-7-6-8-19-22(28(2,3)4)14-13-16(23(15)19)18-10-12-21(27(29)31)25(20)24(17)18/h6-7,9-14,16H,5,8H2,1-4H3. The zero-order valence-corrected chi connectivity index (χ0v) is 18.4. The molecule has 1 atom stereocenters. The summed E-state index contributed by atoms with van der Waals surface area (Å²) in [5.41, 5.74) is 9.19. The summed E-state index contributed by atoms with van der Waals surface area (Å²) in [6, 6.07) is 8.06. The molecule has 0 saturated carbocycles. The van der Waals surface area contributed by atoms with Crippen molar-refractivity contribution in [3.8, 4) is 0 Å². The van der Waals surface area contributed by atoms with Crippen molar-refractivity contribution < 1.29 is 9.59 Å². The topological polar surface area (TPSA) is 37.4 Å². The van der Waals surface area contributed by atoms with Crippen molar-refractivity contribution in [2.75, 3.05) is 6.54 Å². The number of imide groups is 1. The van der Waals surface area contributed by atoms with E-state index in [0.29, 0.717) is 17.7 Å². The van der Waals surface area contributed by atoms with Crippen molar-refractivity contribution in [1.29, 1.82) is 0 Å². The number of fused-ring (bicyclic) bond motifs is 2. The van der Waals surface area contributed by atoms with Gasteiger partial charge in [-0.15, -0.1) is 0 Å². The number of hydrogen-bond acceptors (Lipinski definition) is 2. The lowest BCUT2D eigenvalue weighted by Crippen LogP contribution is -2.40. The highest BCUT2D eigenvalue weighted by Crippen LogP contribution is 2.54. The normalized spacial score (nSPS) is 21.4. The molecule has 2 aromatic carbocycles. The number of nitrogens with zero attached hydrogens (tertiary/aromatic N) is 1. The quantitative estimate of drug-likeness (QED) is 0.530. The second-order valence-electron chi connectivity index (χ2n) is 9.88. The summed E-state index contributed by atoms with van der Waals surface area (Å²) in [5.74, 6) is -0.206. The van der Waals surface area contributed by atoms with Gasteiger partial charge in [0.05, 0.1) is 0 Å². The van der Waals surface area contributed by atoms with Gasteiger partial charge in [0.1, 0.15) is 0 Å². The van der Waals surface area contributed by atoms with Gasteiger partial charge in [0, 0.05) is 29.0 Å². The van der Waals surface area contributed by atoms with Gasteiger partial charge in [-0.3, -0.25) is 14.5 Å².